The largest absolute Gasteiger partial charge is 0.478 e. The van der Waals surface area contributed by atoms with E-state index in [1.807, 2.05) is 13.8 Å². The number of allylic oxidation sites excluding steroid dienone is 3. The molecule has 0 saturated heterocycles. The summed E-state index contributed by atoms with van der Waals surface area (Å²) < 4.78 is 0. The Hall–Kier alpha value is -1.68. The van der Waals surface area contributed by atoms with Gasteiger partial charge in [0, 0.05) is 17.9 Å². The number of carbonyl (C=O) groups excluding carboxylic acids is 1. The van der Waals surface area contributed by atoms with E-state index >= 15 is 0 Å². The quantitative estimate of drug-likeness (QED) is 0.605. The number of carboxylic acid groups (broad SMARTS) is 1. The van der Waals surface area contributed by atoms with E-state index in [4.69, 9.17) is 5.11 Å². The summed E-state index contributed by atoms with van der Waals surface area (Å²) >= 11 is 0. The van der Waals surface area contributed by atoms with Crippen molar-refractivity contribution < 1.29 is 19.8 Å². The second kappa shape index (κ2) is 5.13. The van der Waals surface area contributed by atoms with Gasteiger partial charge in [0.25, 0.3) is 0 Å². The summed E-state index contributed by atoms with van der Waals surface area (Å²) in [6, 6.07) is 0. The van der Waals surface area contributed by atoms with Crippen LogP contribution in [0.3, 0.4) is 0 Å². The van der Waals surface area contributed by atoms with E-state index in [-0.39, 0.29) is 12.2 Å². The number of aliphatic hydroxyl groups is 1. The molecule has 0 aromatic heterocycles. The average molecular weight is 264 g/mol. The zero-order valence-electron chi connectivity index (χ0n) is 11.7. The molecule has 1 aliphatic carbocycles. The number of aliphatic carboxylic acids is 1. The molecule has 0 aromatic rings. The molecule has 2 N–H and O–H groups in total. The SMILES string of the molecule is CC1=CC(=O)CC(C)(C)[C@@]1(O)/C=C\C(C)=C\C(=O)O. The summed E-state index contributed by atoms with van der Waals surface area (Å²) in [5, 5.41) is 19.4. The first-order valence-electron chi connectivity index (χ1n) is 6.13. The molecule has 0 saturated carbocycles. The second-order valence-electron chi connectivity index (χ2n) is 5.68. The Morgan fingerprint density at radius 3 is 2.47 bits per heavy atom. The number of rotatable bonds is 3. The maximum Gasteiger partial charge on any atom is 0.328 e. The van der Waals surface area contributed by atoms with Crippen molar-refractivity contribution in [2.45, 2.75) is 39.7 Å². The highest BCUT2D eigenvalue weighted by atomic mass is 16.4. The molecule has 0 aromatic carbocycles. The van der Waals surface area contributed by atoms with Gasteiger partial charge < -0.3 is 10.2 Å². The van der Waals surface area contributed by atoms with E-state index in [1.165, 1.54) is 6.08 Å². The third kappa shape index (κ3) is 3.20. The van der Waals surface area contributed by atoms with Gasteiger partial charge in [0.2, 0.25) is 0 Å². The number of carbonyl (C=O) groups is 2. The van der Waals surface area contributed by atoms with Crippen LogP contribution in [0.1, 0.15) is 34.1 Å². The molecule has 0 amide bonds. The van der Waals surface area contributed by atoms with Crippen LogP contribution < -0.4 is 0 Å². The monoisotopic (exact) mass is 264 g/mol. The van der Waals surface area contributed by atoms with Crippen LogP contribution in [0.15, 0.2) is 35.5 Å². The number of hydrogen-bond acceptors (Lipinski definition) is 3. The molecule has 104 valence electrons. The van der Waals surface area contributed by atoms with Gasteiger partial charge >= 0.3 is 5.97 Å². The minimum atomic E-state index is -1.24. The number of carboxylic acids is 1. The molecule has 0 aliphatic heterocycles. The maximum atomic E-state index is 11.6. The van der Waals surface area contributed by atoms with Crippen LogP contribution >= 0.6 is 0 Å². The molecule has 1 atom stereocenters. The van der Waals surface area contributed by atoms with Crippen molar-refractivity contribution >= 4 is 11.8 Å². The summed E-state index contributed by atoms with van der Waals surface area (Å²) in [5.74, 6) is -1.03. The summed E-state index contributed by atoms with van der Waals surface area (Å²) in [5.41, 5.74) is -0.758. The Bertz CT molecular complexity index is 494. The number of ketones is 1. The maximum absolute atomic E-state index is 11.6. The fourth-order valence-electron chi connectivity index (χ4n) is 2.36. The van der Waals surface area contributed by atoms with E-state index in [9.17, 15) is 14.7 Å². The third-order valence-corrected chi connectivity index (χ3v) is 3.57. The van der Waals surface area contributed by atoms with Crippen molar-refractivity contribution in [2.75, 3.05) is 0 Å². The molecule has 0 spiro atoms. The molecule has 19 heavy (non-hydrogen) atoms. The Morgan fingerprint density at radius 1 is 1.42 bits per heavy atom. The molecular weight excluding hydrogens is 244 g/mol. The van der Waals surface area contributed by atoms with Crippen LogP contribution in [0.2, 0.25) is 0 Å². The lowest BCUT2D eigenvalue weighted by Crippen LogP contribution is -2.48. The Kier molecular flexibility index (Phi) is 4.15. The van der Waals surface area contributed by atoms with E-state index in [1.54, 1.807) is 26.0 Å². The molecule has 1 rings (SSSR count). The Morgan fingerprint density at radius 2 is 2.00 bits per heavy atom. The average Bonchev–Trinajstić information content (AvgIpc) is 2.21. The van der Waals surface area contributed by atoms with E-state index in [0.717, 1.165) is 6.08 Å². The van der Waals surface area contributed by atoms with Crippen LogP contribution in [-0.2, 0) is 9.59 Å². The highest BCUT2D eigenvalue weighted by molar-refractivity contribution is 5.92. The number of hydrogen-bond donors (Lipinski definition) is 2. The van der Waals surface area contributed by atoms with Gasteiger partial charge in [0.05, 0.1) is 0 Å². The van der Waals surface area contributed by atoms with Crippen molar-refractivity contribution in [2.24, 2.45) is 5.41 Å². The lowest BCUT2D eigenvalue weighted by Gasteiger charge is -2.43. The van der Waals surface area contributed by atoms with Gasteiger partial charge in [-0.25, -0.2) is 4.79 Å². The van der Waals surface area contributed by atoms with Gasteiger partial charge in [0.15, 0.2) is 5.78 Å². The normalized spacial score (nSPS) is 27.5. The summed E-state index contributed by atoms with van der Waals surface area (Å²) in [6.07, 6.45) is 5.92. The third-order valence-electron chi connectivity index (χ3n) is 3.57. The predicted molar refractivity (Wildman–Crippen MR) is 72.6 cm³/mol. The van der Waals surface area contributed by atoms with E-state index in [2.05, 4.69) is 0 Å². The second-order valence-corrected chi connectivity index (χ2v) is 5.68. The first-order chi connectivity index (χ1) is 8.58. The van der Waals surface area contributed by atoms with Crippen molar-refractivity contribution in [1.82, 2.24) is 0 Å². The first kappa shape index (κ1) is 15.4. The fourth-order valence-corrected chi connectivity index (χ4v) is 2.36. The molecule has 0 radical (unpaired) electrons. The Balaban J connectivity index is 3.15. The topological polar surface area (TPSA) is 74.6 Å². The minimum Gasteiger partial charge on any atom is -0.478 e. The van der Waals surface area contributed by atoms with Gasteiger partial charge in [-0.1, -0.05) is 19.9 Å². The highest BCUT2D eigenvalue weighted by Gasteiger charge is 2.46. The molecular formula is C15H20O4. The van der Waals surface area contributed by atoms with Gasteiger partial charge in [-0.2, -0.15) is 0 Å². The van der Waals surface area contributed by atoms with Gasteiger partial charge in [-0.3, -0.25) is 4.79 Å². The fraction of sp³-hybridized carbons (Fsp3) is 0.467. The van der Waals surface area contributed by atoms with E-state index in [0.29, 0.717) is 11.1 Å². The molecule has 1 aliphatic rings. The van der Waals surface area contributed by atoms with Crippen LogP contribution in [0.25, 0.3) is 0 Å². The lowest BCUT2D eigenvalue weighted by atomic mass is 9.64. The molecule has 0 unspecified atom stereocenters. The van der Waals surface area contributed by atoms with Crippen molar-refractivity contribution in [3.05, 3.63) is 35.5 Å². The van der Waals surface area contributed by atoms with Crippen molar-refractivity contribution in [1.29, 1.82) is 0 Å². The zero-order valence-corrected chi connectivity index (χ0v) is 11.7. The predicted octanol–water partition coefficient (Wildman–Crippen LogP) is 2.25. The molecule has 4 heteroatoms. The lowest BCUT2D eigenvalue weighted by molar-refractivity contribution is -0.131. The van der Waals surface area contributed by atoms with Gasteiger partial charge in [-0.05, 0) is 37.1 Å². The molecule has 4 nitrogen and oxygen atoms in total. The van der Waals surface area contributed by atoms with Crippen LogP contribution in [0.5, 0.6) is 0 Å². The van der Waals surface area contributed by atoms with Gasteiger partial charge in [-0.15, -0.1) is 0 Å². The molecule has 0 bridgehead atoms. The standard InChI is InChI=1S/C15H20O4/c1-10(7-13(17)18)5-6-15(19)11(2)8-12(16)9-14(15,3)4/h5-8,19H,9H2,1-4H3,(H,17,18)/b6-5-,10-7+/t15-/m1/s1. The summed E-state index contributed by atoms with van der Waals surface area (Å²) in [6.45, 7) is 7.00. The van der Waals surface area contributed by atoms with Crippen molar-refractivity contribution in [3.8, 4) is 0 Å². The van der Waals surface area contributed by atoms with Gasteiger partial charge in [0.1, 0.15) is 5.60 Å². The minimum absolute atomic E-state index is 0.00150. The smallest absolute Gasteiger partial charge is 0.328 e. The van der Waals surface area contributed by atoms with Crippen LogP contribution in [0, 0.1) is 5.41 Å². The molecule has 0 fully saturated rings. The van der Waals surface area contributed by atoms with Crippen molar-refractivity contribution in [3.63, 3.8) is 0 Å². The van der Waals surface area contributed by atoms with E-state index < -0.39 is 17.0 Å². The first-order valence-corrected chi connectivity index (χ1v) is 6.13. The van der Waals surface area contributed by atoms with Crippen LogP contribution in [-0.4, -0.2) is 27.6 Å². The molecule has 0 heterocycles. The summed E-state index contributed by atoms with van der Waals surface area (Å²) in [4.78, 5) is 22.1. The summed E-state index contributed by atoms with van der Waals surface area (Å²) in [7, 11) is 0. The highest BCUT2D eigenvalue weighted by Crippen LogP contribution is 2.44. The van der Waals surface area contributed by atoms with Crippen LogP contribution in [0.4, 0.5) is 0 Å². The zero-order chi connectivity index (χ0) is 14.8. The Labute approximate surface area is 113 Å².